The number of thioether (sulfide) groups is 1. The number of rotatable bonds is 6. The summed E-state index contributed by atoms with van der Waals surface area (Å²) < 4.78 is 26.6. The van der Waals surface area contributed by atoms with E-state index in [1.54, 1.807) is 17.8 Å². The molecule has 0 spiro atoms. The van der Waals surface area contributed by atoms with Crippen LogP contribution in [-0.2, 0) is 10.0 Å². The molecule has 0 radical (unpaired) electrons. The van der Waals surface area contributed by atoms with E-state index in [4.69, 9.17) is 11.6 Å². The van der Waals surface area contributed by atoms with Crippen LogP contribution in [0.1, 0.15) is 13.3 Å². The monoisotopic (exact) mass is 294 g/mol. The number of nitrogens with zero attached hydrogens (tertiary/aromatic N) is 1. The number of aromatic nitrogens is 1. The average molecular weight is 295 g/mol. The highest BCUT2D eigenvalue weighted by Crippen LogP contribution is 2.18. The Morgan fingerprint density at radius 3 is 2.88 bits per heavy atom. The zero-order valence-corrected chi connectivity index (χ0v) is 12.1. The summed E-state index contributed by atoms with van der Waals surface area (Å²) >= 11 is 7.44. The first-order chi connectivity index (χ1) is 7.97. The van der Waals surface area contributed by atoms with Crippen LogP contribution in [0.5, 0.6) is 0 Å². The molecular formula is C10H15ClN2O2S2. The Morgan fingerprint density at radius 1 is 1.59 bits per heavy atom. The van der Waals surface area contributed by atoms with Crippen LogP contribution in [0.3, 0.4) is 0 Å². The van der Waals surface area contributed by atoms with E-state index in [0.29, 0.717) is 0 Å². The molecule has 0 aliphatic heterocycles. The van der Waals surface area contributed by atoms with E-state index in [-0.39, 0.29) is 16.1 Å². The largest absolute Gasteiger partial charge is 0.243 e. The molecule has 1 rings (SSSR count). The number of sulfonamides is 1. The maximum Gasteiger partial charge on any atom is 0.243 e. The second kappa shape index (κ2) is 6.58. The minimum Gasteiger partial charge on any atom is -0.243 e. The van der Waals surface area contributed by atoms with Crippen molar-refractivity contribution in [1.29, 1.82) is 0 Å². The van der Waals surface area contributed by atoms with Gasteiger partial charge >= 0.3 is 0 Å². The lowest BCUT2D eigenvalue weighted by Crippen LogP contribution is -2.33. The minimum atomic E-state index is -3.57. The predicted octanol–water partition coefficient (Wildman–Crippen LogP) is 2.15. The van der Waals surface area contributed by atoms with Gasteiger partial charge in [0.15, 0.2) is 0 Å². The molecule has 7 heteroatoms. The first-order valence-corrected chi connectivity index (χ1v) is 8.34. The lowest BCUT2D eigenvalue weighted by molar-refractivity contribution is 0.557. The van der Waals surface area contributed by atoms with Crippen LogP contribution in [0.15, 0.2) is 23.2 Å². The second-order valence-corrected chi connectivity index (χ2v) is 6.62. The molecule has 1 atom stereocenters. The fourth-order valence-electron chi connectivity index (χ4n) is 1.25. The van der Waals surface area contributed by atoms with Crippen molar-refractivity contribution in [2.24, 2.45) is 0 Å². The Morgan fingerprint density at radius 2 is 2.29 bits per heavy atom. The summed E-state index contributed by atoms with van der Waals surface area (Å²) in [7, 11) is -3.57. The van der Waals surface area contributed by atoms with Gasteiger partial charge in [-0.3, -0.25) is 0 Å². The van der Waals surface area contributed by atoms with Crippen LogP contribution in [0, 0.1) is 0 Å². The first-order valence-electron chi connectivity index (χ1n) is 5.09. The van der Waals surface area contributed by atoms with Gasteiger partial charge in [-0.1, -0.05) is 11.6 Å². The van der Waals surface area contributed by atoms with E-state index in [9.17, 15) is 8.42 Å². The van der Waals surface area contributed by atoms with Crippen LogP contribution in [0.4, 0.5) is 0 Å². The highest BCUT2D eigenvalue weighted by atomic mass is 35.5. The van der Waals surface area contributed by atoms with Gasteiger partial charge < -0.3 is 0 Å². The molecule has 0 bridgehead atoms. The van der Waals surface area contributed by atoms with E-state index < -0.39 is 10.0 Å². The van der Waals surface area contributed by atoms with E-state index >= 15 is 0 Å². The van der Waals surface area contributed by atoms with Crippen LogP contribution in [0.2, 0.25) is 5.15 Å². The Bertz CT molecular complexity index is 465. The molecule has 0 saturated carbocycles. The van der Waals surface area contributed by atoms with Gasteiger partial charge in [0.1, 0.15) is 10.0 Å². The normalized spacial score (nSPS) is 13.6. The molecule has 1 heterocycles. The highest BCUT2D eigenvalue weighted by Gasteiger charge is 2.20. The average Bonchev–Trinajstić information content (AvgIpc) is 2.26. The molecule has 96 valence electrons. The van der Waals surface area contributed by atoms with Crippen molar-refractivity contribution < 1.29 is 8.42 Å². The second-order valence-electron chi connectivity index (χ2n) is 3.60. The van der Waals surface area contributed by atoms with E-state index in [0.717, 1.165) is 12.2 Å². The van der Waals surface area contributed by atoms with Crippen molar-refractivity contribution in [3.8, 4) is 0 Å². The number of hydrogen-bond donors (Lipinski definition) is 1. The quantitative estimate of drug-likeness (QED) is 0.817. The summed E-state index contributed by atoms with van der Waals surface area (Å²) in [5.41, 5.74) is 0. The van der Waals surface area contributed by atoms with Gasteiger partial charge in [-0.15, -0.1) is 0 Å². The van der Waals surface area contributed by atoms with Crippen LogP contribution in [-0.4, -0.2) is 31.5 Å². The molecule has 1 unspecified atom stereocenters. The number of nitrogens with one attached hydrogen (secondary N) is 1. The zero-order chi connectivity index (χ0) is 12.9. The van der Waals surface area contributed by atoms with Gasteiger partial charge in [0, 0.05) is 12.2 Å². The Labute approximate surface area is 111 Å². The Balaban J connectivity index is 2.79. The Kier molecular flexibility index (Phi) is 5.72. The molecule has 4 nitrogen and oxygen atoms in total. The SMILES string of the molecule is CSCCC(C)NS(=O)(=O)c1cccnc1Cl. The van der Waals surface area contributed by atoms with Gasteiger partial charge in [0.2, 0.25) is 10.0 Å². The molecule has 1 aromatic rings. The van der Waals surface area contributed by atoms with Gasteiger partial charge in [0.25, 0.3) is 0 Å². The van der Waals surface area contributed by atoms with Gasteiger partial charge in [0.05, 0.1) is 0 Å². The van der Waals surface area contributed by atoms with Crippen molar-refractivity contribution >= 4 is 33.4 Å². The van der Waals surface area contributed by atoms with E-state index in [1.807, 2.05) is 13.2 Å². The first kappa shape index (κ1) is 14.8. The lowest BCUT2D eigenvalue weighted by atomic mass is 10.3. The smallest absolute Gasteiger partial charge is 0.243 e. The molecule has 0 amide bonds. The molecule has 0 saturated heterocycles. The van der Waals surface area contributed by atoms with Gasteiger partial charge in [-0.05, 0) is 37.5 Å². The maximum atomic E-state index is 12.0. The van der Waals surface area contributed by atoms with Crippen LogP contribution in [0.25, 0.3) is 0 Å². The third-order valence-corrected chi connectivity index (χ3v) is 4.80. The predicted molar refractivity (Wildman–Crippen MR) is 72.0 cm³/mol. The summed E-state index contributed by atoms with van der Waals surface area (Å²) in [5, 5.41) is -0.00272. The highest BCUT2D eigenvalue weighted by molar-refractivity contribution is 7.98. The van der Waals surface area contributed by atoms with Crippen molar-refractivity contribution in [2.45, 2.75) is 24.3 Å². The third kappa shape index (κ3) is 4.46. The molecule has 17 heavy (non-hydrogen) atoms. The molecule has 1 N–H and O–H groups in total. The van der Waals surface area contributed by atoms with Gasteiger partial charge in [-0.25, -0.2) is 18.1 Å². The Hall–Kier alpha value is -0.300. The summed E-state index contributed by atoms with van der Waals surface area (Å²) in [6, 6.07) is 2.87. The lowest BCUT2D eigenvalue weighted by Gasteiger charge is -2.13. The molecule has 0 aliphatic rings. The fraction of sp³-hybridized carbons (Fsp3) is 0.500. The minimum absolute atomic E-state index is 0.00272. The number of halogens is 1. The zero-order valence-electron chi connectivity index (χ0n) is 9.68. The summed E-state index contributed by atoms with van der Waals surface area (Å²) in [6.07, 6.45) is 4.22. The fourth-order valence-corrected chi connectivity index (χ4v) is 3.57. The van der Waals surface area contributed by atoms with Crippen molar-refractivity contribution in [3.63, 3.8) is 0 Å². The van der Waals surface area contributed by atoms with Crippen LogP contribution >= 0.6 is 23.4 Å². The van der Waals surface area contributed by atoms with Crippen molar-refractivity contribution in [2.75, 3.05) is 12.0 Å². The molecular weight excluding hydrogens is 280 g/mol. The summed E-state index contributed by atoms with van der Waals surface area (Å²) in [5.74, 6) is 0.907. The number of pyridine rings is 1. The van der Waals surface area contributed by atoms with Crippen molar-refractivity contribution in [3.05, 3.63) is 23.5 Å². The van der Waals surface area contributed by atoms with Gasteiger partial charge in [-0.2, -0.15) is 11.8 Å². The van der Waals surface area contributed by atoms with Crippen LogP contribution < -0.4 is 4.72 Å². The summed E-state index contributed by atoms with van der Waals surface area (Å²) in [4.78, 5) is 3.78. The van der Waals surface area contributed by atoms with E-state index in [1.165, 1.54) is 12.3 Å². The molecule has 0 aromatic carbocycles. The molecule has 0 fully saturated rings. The molecule has 0 aliphatic carbocycles. The van der Waals surface area contributed by atoms with E-state index in [2.05, 4.69) is 9.71 Å². The third-order valence-electron chi connectivity index (χ3n) is 2.13. The molecule has 1 aromatic heterocycles. The maximum absolute atomic E-state index is 12.0. The van der Waals surface area contributed by atoms with Crippen molar-refractivity contribution in [1.82, 2.24) is 9.71 Å². The standard InChI is InChI=1S/C10H15ClN2O2S2/c1-8(5-7-16-2)13-17(14,15)9-4-3-6-12-10(9)11/h3-4,6,8,13H,5,7H2,1-2H3. The summed E-state index contributed by atoms with van der Waals surface area (Å²) in [6.45, 7) is 1.83. The topological polar surface area (TPSA) is 59.1 Å². The number of hydrogen-bond acceptors (Lipinski definition) is 4.